The smallest absolute Gasteiger partial charge is 0.000684 e. The number of fused-ring (bicyclic) bond motifs is 6. The van der Waals surface area contributed by atoms with Gasteiger partial charge in [0.1, 0.15) is 0 Å². The van der Waals surface area contributed by atoms with Crippen LogP contribution in [0, 0.1) is 0 Å². The molecule has 180 valence electrons. The molecule has 0 heterocycles. The Labute approximate surface area is 226 Å². The zero-order valence-corrected chi connectivity index (χ0v) is 21.4. The van der Waals surface area contributed by atoms with Gasteiger partial charge in [-0.15, -0.1) is 0 Å². The summed E-state index contributed by atoms with van der Waals surface area (Å²) < 4.78 is 0. The molecular formula is C39H24. The summed E-state index contributed by atoms with van der Waals surface area (Å²) in [5, 5.41) is 13.5. The highest BCUT2D eigenvalue weighted by atomic mass is 14.2. The van der Waals surface area contributed by atoms with Crippen molar-refractivity contribution < 1.29 is 0 Å². The second kappa shape index (κ2) is 7.79. The van der Waals surface area contributed by atoms with Crippen LogP contribution in [0.3, 0.4) is 0 Å². The predicted octanol–water partition coefficient (Wildman–Crippen LogP) is 10.7. The van der Waals surface area contributed by atoms with Gasteiger partial charge < -0.3 is 0 Å². The highest BCUT2D eigenvalue weighted by Crippen LogP contribution is 2.43. The van der Waals surface area contributed by atoms with E-state index in [0.29, 0.717) is 0 Å². The molecule has 0 saturated heterocycles. The lowest BCUT2D eigenvalue weighted by Crippen LogP contribution is -1.89. The molecule has 0 fully saturated rings. The summed E-state index contributed by atoms with van der Waals surface area (Å²) in [6.45, 7) is 0. The van der Waals surface area contributed by atoms with Crippen LogP contribution in [0.1, 0.15) is 11.1 Å². The molecule has 0 atom stereocenters. The van der Waals surface area contributed by atoms with Crippen molar-refractivity contribution in [2.75, 3.05) is 0 Å². The van der Waals surface area contributed by atoms with Crippen LogP contribution in [0.5, 0.6) is 0 Å². The molecule has 0 amide bonds. The van der Waals surface area contributed by atoms with Gasteiger partial charge in [-0.3, -0.25) is 0 Å². The van der Waals surface area contributed by atoms with E-state index >= 15 is 0 Å². The fourth-order valence-corrected chi connectivity index (χ4v) is 7.09. The van der Waals surface area contributed by atoms with Crippen LogP contribution in [0.15, 0.2) is 133 Å². The number of benzene rings is 8. The van der Waals surface area contributed by atoms with Crippen molar-refractivity contribution in [3.63, 3.8) is 0 Å². The fourth-order valence-electron chi connectivity index (χ4n) is 7.09. The van der Waals surface area contributed by atoms with E-state index in [2.05, 4.69) is 133 Å². The lowest BCUT2D eigenvalue weighted by molar-refractivity contribution is 1.27. The first kappa shape index (κ1) is 21.0. The Hall–Kier alpha value is -4.94. The molecule has 0 radical (unpaired) electrons. The zero-order chi connectivity index (χ0) is 25.5. The molecular weight excluding hydrogens is 468 g/mol. The minimum Gasteiger partial charge on any atom is -0.0616 e. The second-order valence-corrected chi connectivity index (χ2v) is 10.9. The predicted molar refractivity (Wildman–Crippen MR) is 168 cm³/mol. The Morgan fingerprint density at radius 1 is 0.359 bits per heavy atom. The standard InChI is InChI=1S/C39H24/c1-2-13-33-31(11-1)32-12-3-4-14-34(32)36-22-27(18-20-35(33)36)26-8-6-9-28(21-26)30-19-17-25-16-15-24-7-5-10-29-23-37(30)39(25)38(24)29/h1-22H,23H2. The maximum Gasteiger partial charge on any atom is -0.000684 e. The van der Waals surface area contributed by atoms with Crippen molar-refractivity contribution in [3.05, 3.63) is 145 Å². The van der Waals surface area contributed by atoms with Crippen LogP contribution in [0.2, 0.25) is 0 Å². The summed E-state index contributed by atoms with van der Waals surface area (Å²) >= 11 is 0. The van der Waals surface area contributed by atoms with E-state index in [9.17, 15) is 0 Å². The molecule has 0 N–H and O–H groups in total. The van der Waals surface area contributed by atoms with Gasteiger partial charge in [0.05, 0.1) is 0 Å². The van der Waals surface area contributed by atoms with Gasteiger partial charge in [-0.2, -0.15) is 0 Å². The molecule has 0 aromatic heterocycles. The van der Waals surface area contributed by atoms with E-state index in [1.54, 1.807) is 0 Å². The normalized spacial score (nSPS) is 12.5. The van der Waals surface area contributed by atoms with E-state index in [0.717, 1.165) is 6.42 Å². The van der Waals surface area contributed by atoms with Crippen molar-refractivity contribution in [2.24, 2.45) is 0 Å². The highest BCUT2D eigenvalue weighted by molar-refractivity contribution is 6.25. The van der Waals surface area contributed by atoms with Crippen molar-refractivity contribution in [1.82, 2.24) is 0 Å². The zero-order valence-electron chi connectivity index (χ0n) is 21.4. The van der Waals surface area contributed by atoms with Crippen LogP contribution in [0.4, 0.5) is 0 Å². The summed E-state index contributed by atoms with van der Waals surface area (Å²) in [5.74, 6) is 0. The van der Waals surface area contributed by atoms with Crippen molar-refractivity contribution >= 4 is 53.9 Å². The van der Waals surface area contributed by atoms with E-state index in [-0.39, 0.29) is 0 Å². The van der Waals surface area contributed by atoms with Gasteiger partial charge >= 0.3 is 0 Å². The van der Waals surface area contributed by atoms with Gasteiger partial charge in [0.2, 0.25) is 0 Å². The van der Waals surface area contributed by atoms with Gasteiger partial charge in [0.15, 0.2) is 0 Å². The first-order valence-corrected chi connectivity index (χ1v) is 13.7. The van der Waals surface area contributed by atoms with E-state index in [1.165, 1.54) is 87.2 Å². The van der Waals surface area contributed by atoms with Crippen LogP contribution in [-0.4, -0.2) is 0 Å². The van der Waals surface area contributed by atoms with Gasteiger partial charge in [0, 0.05) is 0 Å². The third-order valence-corrected chi connectivity index (χ3v) is 8.84. The second-order valence-electron chi connectivity index (χ2n) is 10.9. The maximum absolute atomic E-state index is 2.39. The Morgan fingerprint density at radius 3 is 1.72 bits per heavy atom. The lowest BCUT2D eigenvalue weighted by Gasteiger charge is -2.13. The van der Waals surface area contributed by atoms with Gasteiger partial charge in [-0.1, -0.05) is 121 Å². The molecule has 9 rings (SSSR count). The Balaban J connectivity index is 1.25. The molecule has 0 unspecified atom stereocenters. The highest BCUT2D eigenvalue weighted by Gasteiger charge is 2.21. The molecule has 1 aliphatic rings. The molecule has 8 aromatic rings. The third kappa shape index (κ3) is 2.95. The van der Waals surface area contributed by atoms with Crippen LogP contribution in [-0.2, 0) is 6.42 Å². The third-order valence-electron chi connectivity index (χ3n) is 8.84. The van der Waals surface area contributed by atoms with Crippen LogP contribution in [0.25, 0.3) is 76.1 Å². The lowest BCUT2D eigenvalue weighted by atomic mass is 9.90. The Kier molecular flexibility index (Phi) is 4.20. The monoisotopic (exact) mass is 492 g/mol. The van der Waals surface area contributed by atoms with Crippen molar-refractivity contribution in [3.8, 4) is 22.3 Å². The number of hydrogen-bond acceptors (Lipinski definition) is 0. The van der Waals surface area contributed by atoms with E-state index < -0.39 is 0 Å². The molecule has 0 aliphatic heterocycles. The topological polar surface area (TPSA) is 0 Å². The van der Waals surface area contributed by atoms with Crippen LogP contribution < -0.4 is 0 Å². The SMILES string of the molecule is c1cc(-c2ccc3c4ccccc4c4ccccc4c3c2)cc(-c2ccc3ccc4cccc5c4c3c2C5)c1. The van der Waals surface area contributed by atoms with Gasteiger partial charge in [-0.25, -0.2) is 0 Å². The average molecular weight is 493 g/mol. The largest absolute Gasteiger partial charge is 0.0616 e. The maximum atomic E-state index is 2.39. The summed E-state index contributed by atoms with van der Waals surface area (Å²) in [6.07, 6.45) is 1.00. The summed E-state index contributed by atoms with van der Waals surface area (Å²) in [4.78, 5) is 0. The molecule has 1 aliphatic carbocycles. The number of hydrogen-bond donors (Lipinski definition) is 0. The van der Waals surface area contributed by atoms with Crippen molar-refractivity contribution in [1.29, 1.82) is 0 Å². The number of rotatable bonds is 2. The quantitative estimate of drug-likeness (QED) is 0.211. The summed E-state index contributed by atoms with van der Waals surface area (Å²) in [5.41, 5.74) is 8.07. The first-order valence-electron chi connectivity index (χ1n) is 13.7. The van der Waals surface area contributed by atoms with Crippen molar-refractivity contribution in [2.45, 2.75) is 6.42 Å². The molecule has 0 spiro atoms. The minimum absolute atomic E-state index is 1.00. The fraction of sp³-hybridized carbons (Fsp3) is 0.0256. The van der Waals surface area contributed by atoms with Gasteiger partial charge in [0.25, 0.3) is 0 Å². The van der Waals surface area contributed by atoms with E-state index in [1.807, 2.05) is 0 Å². The Bertz CT molecular complexity index is 2270. The molecule has 8 aromatic carbocycles. The summed E-state index contributed by atoms with van der Waals surface area (Å²) in [7, 11) is 0. The molecule has 0 bridgehead atoms. The molecule has 0 nitrogen and oxygen atoms in total. The Morgan fingerprint density at radius 2 is 0.949 bits per heavy atom. The summed E-state index contributed by atoms with van der Waals surface area (Å²) in [6, 6.07) is 49.6. The molecule has 0 saturated carbocycles. The molecule has 39 heavy (non-hydrogen) atoms. The van der Waals surface area contributed by atoms with Crippen LogP contribution >= 0.6 is 0 Å². The van der Waals surface area contributed by atoms with Gasteiger partial charge in [-0.05, 0) is 106 Å². The molecule has 0 heteroatoms. The first-order chi connectivity index (χ1) is 19.3. The van der Waals surface area contributed by atoms with E-state index in [4.69, 9.17) is 0 Å². The minimum atomic E-state index is 1.00. The average Bonchev–Trinajstić information content (AvgIpc) is 3.41.